The summed E-state index contributed by atoms with van der Waals surface area (Å²) in [7, 11) is 0. The predicted molar refractivity (Wildman–Crippen MR) is 111 cm³/mol. The summed E-state index contributed by atoms with van der Waals surface area (Å²) in [5, 5.41) is 2.92. The number of benzene rings is 2. The van der Waals surface area contributed by atoms with Crippen LogP contribution in [0.1, 0.15) is 28.8 Å². The lowest BCUT2D eigenvalue weighted by molar-refractivity contribution is 0.102. The molecule has 0 saturated carbocycles. The molecule has 5 nitrogen and oxygen atoms in total. The van der Waals surface area contributed by atoms with E-state index in [0.29, 0.717) is 5.69 Å². The quantitative estimate of drug-likeness (QED) is 0.544. The number of hydrogen-bond donors (Lipinski definition) is 1. The molecular formula is C23H22N4O. The van der Waals surface area contributed by atoms with Crippen molar-refractivity contribution in [1.82, 2.24) is 14.5 Å². The number of rotatable bonds is 6. The van der Waals surface area contributed by atoms with Crippen molar-refractivity contribution in [3.05, 3.63) is 90.0 Å². The van der Waals surface area contributed by atoms with Crippen LogP contribution in [-0.4, -0.2) is 20.4 Å². The number of para-hydroxylation sites is 2. The fourth-order valence-electron chi connectivity index (χ4n) is 3.42. The molecule has 2 heterocycles. The van der Waals surface area contributed by atoms with E-state index in [1.807, 2.05) is 30.3 Å². The van der Waals surface area contributed by atoms with E-state index in [-0.39, 0.29) is 5.91 Å². The number of carbonyl (C=O) groups excluding carboxylic acids is 1. The zero-order valence-corrected chi connectivity index (χ0v) is 15.8. The second-order valence-electron chi connectivity index (χ2n) is 6.63. The summed E-state index contributed by atoms with van der Waals surface area (Å²) in [6.07, 6.45) is 3.32. The Hall–Kier alpha value is -3.47. The van der Waals surface area contributed by atoms with E-state index in [9.17, 15) is 4.79 Å². The average Bonchev–Trinajstić information content (AvgIpc) is 3.10. The van der Waals surface area contributed by atoms with Crippen molar-refractivity contribution in [2.24, 2.45) is 0 Å². The van der Waals surface area contributed by atoms with Crippen LogP contribution in [0.25, 0.3) is 11.0 Å². The number of amides is 1. The Bertz CT molecular complexity index is 1100. The third-order valence-electron chi connectivity index (χ3n) is 4.77. The van der Waals surface area contributed by atoms with Crippen molar-refractivity contribution in [3.63, 3.8) is 0 Å². The van der Waals surface area contributed by atoms with Gasteiger partial charge in [0, 0.05) is 24.8 Å². The lowest BCUT2D eigenvalue weighted by Gasteiger charge is -2.08. The van der Waals surface area contributed by atoms with Crippen molar-refractivity contribution in [2.45, 2.75) is 26.3 Å². The van der Waals surface area contributed by atoms with E-state index in [4.69, 9.17) is 4.98 Å². The first-order valence-corrected chi connectivity index (χ1v) is 9.50. The first-order chi connectivity index (χ1) is 13.7. The smallest absolute Gasteiger partial charge is 0.274 e. The standard InChI is InChI=1S/C23H22N4O/c1-2-27-21-12-4-3-10-19(21)26-22(27)14-13-17-8-7-9-18(16-17)25-23(28)20-11-5-6-15-24-20/h3-12,15-16H,2,13-14H2,1H3,(H,25,28). The Kier molecular flexibility index (Phi) is 5.15. The van der Waals surface area contributed by atoms with Gasteiger partial charge < -0.3 is 9.88 Å². The highest BCUT2D eigenvalue weighted by Crippen LogP contribution is 2.19. The average molecular weight is 370 g/mol. The van der Waals surface area contributed by atoms with Crippen molar-refractivity contribution >= 4 is 22.6 Å². The van der Waals surface area contributed by atoms with Gasteiger partial charge in [-0.3, -0.25) is 9.78 Å². The molecule has 0 radical (unpaired) electrons. The van der Waals surface area contributed by atoms with Gasteiger partial charge in [0.2, 0.25) is 0 Å². The van der Waals surface area contributed by atoms with Crippen LogP contribution in [0.15, 0.2) is 72.9 Å². The van der Waals surface area contributed by atoms with Gasteiger partial charge in [0.05, 0.1) is 11.0 Å². The highest BCUT2D eigenvalue weighted by atomic mass is 16.1. The molecule has 2 aromatic carbocycles. The molecule has 0 unspecified atom stereocenters. The topological polar surface area (TPSA) is 59.8 Å². The van der Waals surface area contributed by atoms with E-state index in [1.54, 1.807) is 24.4 Å². The number of anilines is 1. The third kappa shape index (κ3) is 3.78. The third-order valence-corrected chi connectivity index (χ3v) is 4.77. The summed E-state index contributed by atoms with van der Waals surface area (Å²) >= 11 is 0. The molecule has 0 bridgehead atoms. The molecule has 0 aliphatic heterocycles. The van der Waals surface area contributed by atoms with Gasteiger partial charge >= 0.3 is 0 Å². The highest BCUT2D eigenvalue weighted by Gasteiger charge is 2.10. The molecule has 28 heavy (non-hydrogen) atoms. The normalized spacial score (nSPS) is 10.9. The van der Waals surface area contributed by atoms with Crippen molar-refractivity contribution in [3.8, 4) is 0 Å². The lowest BCUT2D eigenvalue weighted by Crippen LogP contribution is -2.13. The lowest BCUT2D eigenvalue weighted by atomic mass is 10.1. The Balaban J connectivity index is 1.48. The number of aryl methyl sites for hydroxylation is 3. The van der Waals surface area contributed by atoms with Crippen LogP contribution < -0.4 is 5.32 Å². The number of aromatic nitrogens is 3. The van der Waals surface area contributed by atoms with Crippen LogP contribution in [0.3, 0.4) is 0 Å². The van der Waals surface area contributed by atoms with Gasteiger partial charge in [-0.15, -0.1) is 0 Å². The number of pyridine rings is 1. The second kappa shape index (κ2) is 8.05. The summed E-state index contributed by atoms with van der Waals surface area (Å²) in [6, 6.07) is 21.5. The van der Waals surface area contributed by atoms with Crippen molar-refractivity contribution in [1.29, 1.82) is 0 Å². The maximum Gasteiger partial charge on any atom is 0.274 e. The van der Waals surface area contributed by atoms with E-state index >= 15 is 0 Å². The van der Waals surface area contributed by atoms with E-state index in [1.165, 1.54) is 5.52 Å². The Labute approximate surface area is 164 Å². The Morgan fingerprint density at radius 3 is 2.68 bits per heavy atom. The molecule has 1 N–H and O–H groups in total. The number of nitrogens with zero attached hydrogens (tertiary/aromatic N) is 3. The molecule has 0 aliphatic rings. The van der Waals surface area contributed by atoms with Crippen LogP contribution in [0.5, 0.6) is 0 Å². The summed E-state index contributed by atoms with van der Waals surface area (Å²) in [5.41, 5.74) is 4.56. The van der Waals surface area contributed by atoms with E-state index in [0.717, 1.165) is 42.0 Å². The highest BCUT2D eigenvalue weighted by molar-refractivity contribution is 6.02. The van der Waals surface area contributed by atoms with E-state index < -0.39 is 0 Å². The van der Waals surface area contributed by atoms with Gasteiger partial charge in [-0.05, 0) is 55.3 Å². The minimum atomic E-state index is -0.203. The molecular weight excluding hydrogens is 348 g/mol. The molecule has 0 spiro atoms. The van der Waals surface area contributed by atoms with Crippen LogP contribution in [0.4, 0.5) is 5.69 Å². The maximum atomic E-state index is 12.3. The zero-order chi connectivity index (χ0) is 19.3. The fraction of sp³-hybridized carbons (Fsp3) is 0.174. The fourth-order valence-corrected chi connectivity index (χ4v) is 3.42. The van der Waals surface area contributed by atoms with Crippen LogP contribution in [0, 0.1) is 0 Å². The molecule has 0 fully saturated rings. The number of nitrogens with one attached hydrogen (secondary N) is 1. The van der Waals surface area contributed by atoms with Gasteiger partial charge in [-0.2, -0.15) is 0 Å². The Morgan fingerprint density at radius 2 is 1.86 bits per heavy atom. The van der Waals surface area contributed by atoms with Gasteiger partial charge in [0.1, 0.15) is 11.5 Å². The number of imidazole rings is 1. The first-order valence-electron chi connectivity index (χ1n) is 9.50. The maximum absolute atomic E-state index is 12.3. The summed E-state index contributed by atoms with van der Waals surface area (Å²) in [5.74, 6) is 0.886. The van der Waals surface area contributed by atoms with Crippen molar-refractivity contribution in [2.75, 3.05) is 5.32 Å². The molecule has 4 aromatic rings. The van der Waals surface area contributed by atoms with Crippen LogP contribution >= 0.6 is 0 Å². The zero-order valence-electron chi connectivity index (χ0n) is 15.8. The molecule has 0 saturated heterocycles. The second-order valence-corrected chi connectivity index (χ2v) is 6.63. The summed E-state index contributed by atoms with van der Waals surface area (Å²) in [6.45, 7) is 3.04. The Morgan fingerprint density at radius 1 is 1.00 bits per heavy atom. The molecule has 140 valence electrons. The largest absolute Gasteiger partial charge is 0.328 e. The summed E-state index contributed by atoms with van der Waals surface area (Å²) in [4.78, 5) is 21.2. The van der Waals surface area contributed by atoms with Gasteiger partial charge in [0.15, 0.2) is 0 Å². The van der Waals surface area contributed by atoms with Crippen LogP contribution in [0.2, 0.25) is 0 Å². The molecule has 5 heteroatoms. The monoisotopic (exact) mass is 370 g/mol. The minimum Gasteiger partial charge on any atom is -0.328 e. The predicted octanol–water partition coefficient (Wildman–Crippen LogP) is 4.49. The van der Waals surface area contributed by atoms with Crippen LogP contribution in [-0.2, 0) is 19.4 Å². The molecule has 1 amide bonds. The van der Waals surface area contributed by atoms with Crippen molar-refractivity contribution < 1.29 is 4.79 Å². The summed E-state index contributed by atoms with van der Waals surface area (Å²) < 4.78 is 2.27. The molecule has 0 atom stereocenters. The van der Waals surface area contributed by atoms with Gasteiger partial charge in [0.25, 0.3) is 5.91 Å². The number of fused-ring (bicyclic) bond motifs is 1. The number of carbonyl (C=O) groups is 1. The molecule has 2 aromatic heterocycles. The first kappa shape index (κ1) is 17.9. The minimum absolute atomic E-state index is 0.203. The number of hydrogen-bond acceptors (Lipinski definition) is 3. The van der Waals surface area contributed by atoms with E-state index in [2.05, 4.69) is 40.0 Å². The molecule has 0 aliphatic carbocycles. The van der Waals surface area contributed by atoms with Gasteiger partial charge in [-0.1, -0.05) is 30.3 Å². The van der Waals surface area contributed by atoms with Gasteiger partial charge in [-0.25, -0.2) is 4.98 Å². The molecule has 4 rings (SSSR count). The SMILES string of the molecule is CCn1c(CCc2cccc(NC(=O)c3ccccn3)c2)nc2ccccc21.